The first-order valence-corrected chi connectivity index (χ1v) is 10.2. The van der Waals surface area contributed by atoms with Crippen molar-refractivity contribution in [2.45, 2.75) is 18.4 Å². The molecule has 0 atom stereocenters. The number of carbonyl (C=O) groups excluding carboxylic acids is 1. The average Bonchev–Trinajstić information content (AvgIpc) is 3.06. The number of hydrogen-bond acceptors (Lipinski definition) is 8. The number of sulfone groups is 1. The molecule has 0 unspecified atom stereocenters. The van der Waals surface area contributed by atoms with Crippen molar-refractivity contribution in [2.75, 3.05) is 6.26 Å². The van der Waals surface area contributed by atoms with Crippen molar-refractivity contribution < 1.29 is 27.3 Å². The second-order valence-corrected chi connectivity index (χ2v) is 8.16. The van der Waals surface area contributed by atoms with E-state index in [-0.39, 0.29) is 12.2 Å². The lowest BCUT2D eigenvalue weighted by atomic mass is 10.2. The van der Waals surface area contributed by atoms with Gasteiger partial charge in [-0.25, -0.2) is 18.2 Å². The Morgan fingerprint density at radius 1 is 1.21 bits per heavy atom. The third-order valence-electron chi connectivity index (χ3n) is 4.04. The maximum Gasteiger partial charge on any atom is 0.338 e. The van der Waals surface area contributed by atoms with Gasteiger partial charge in [0.15, 0.2) is 9.84 Å². The van der Waals surface area contributed by atoms with Crippen molar-refractivity contribution in [3.8, 4) is 11.5 Å². The minimum absolute atomic E-state index is 0.145. The number of ether oxygens (including phenoxy) is 1. The SMILES string of the molecule is Cc1oc(-c2ccccc2)nc1COC(=O)c1ccc(S(C)(=O)=O)c([N+](=O)[O-])c1. The molecule has 1 heterocycles. The number of nitrogens with zero attached hydrogens (tertiary/aromatic N) is 2. The monoisotopic (exact) mass is 416 g/mol. The van der Waals surface area contributed by atoms with Gasteiger partial charge in [0.1, 0.15) is 23.0 Å². The van der Waals surface area contributed by atoms with E-state index in [1.54, 1.807) is 6.92 Å². The molecule has 3 rings (SSSR count). The van der Waals surface area contributed by atoms with E-state index in [4.69, 9.17) is 9.15 Å². The number of hydrogen-bond donors (Lipinski definition) is 0. The molecule has 0 bridgehead atoms. The van der Waals surface area contributed by atoms with Crippen molar-refractivity contribution in [3.05, 3.63) is 75.7 Å². The number of esters is 1. The van der Waals surface area contributed by atoms with E-state index < -0.39 is 31.3 Å². The normalized spacial score (nSPS) is 11.2. The van der Waals surface area contributed by atoms with Gasteiger partial charge in [-0.1, -0.05) is 18.2 Å². The highest BCUT2D eigenvalue weighted by Crippen LogP contribution is 2.26. The van der Waals surface area contributed by atoms with Gasteiger partial charge in [-0.2, -0.15) is 0 Å². The molecule has 0 radical (unpaired) electrons. The predicted molar refractivity (Wildman–Crippen MR) is 102 cm³/mol. The van der Waals surface area contributed by atoms with Crippen LogP contribution in [0, 0.1) is 17.0 Å². The Hall–Kier alpha value is -3.53. The van der Waals surface area contributed by atoms with Crippen LogP contribution in [-0.2, 0) is 21.2 Å². The first-order valence-electron chi connectivity index (χ1n) is 8.34. The van der Waals surface area contributed by atoms with Crippen LogP contribution in [0.15, 0.2) is 57.8 Å². The topological polar surface area (TPSA) is 130 Å². The largest absolute Gasteiger partial charge is 0.455 e. The Kier molecular flexibility index (Phi) is 5.46. The fourth-order valence-electron chi connectivity index (χ4n) is 2.58. The van der Waals surface area contributed by atoms with Crippen molar-refractivity contribution >= 4 is 21.5 Å². The Morgan fingerprint density at radius 3 is 2.52 bits per heavy atom. The lowest BCUT2D eigenvalue weighted by Crippen LogP contribution is -2.09. The van der Waals surface area contributed by atoms with Crippen LogP contribution in [0.25, 0.3) is 11.5 Å². The highest BCUT2D eigenvalue weighted by molar-refractivity contribution is 7.90. The Morgan fingerprint density at radius 2 is 1.90 bits per heavy atom. The van der Waals surface area contributed by atoms with Crippen molar-refractivity contribution in [1.82, 2.24) is 4.98 Å². The van der Waals surface area contributed by atoms with E-state index >= 15 is 0 Å². The summed E-state index contributed by atoms with van der Waals surface area (Å²) in [7, 11) is -3.82. The molecule has 150 valence electrons. The van der Waals surface area contributed by atoms with E-state index in [1.165, 1.54) is 0 Å². The summed E-state index contributed by atoms with van der Waals surface area (Å²) in [4.78, 5) is 26.4. The zero-order valence-corrected chi connectivity index (χ0v) is 16.3. The molecule has 0 aliphatic carbocycles. The van der Waals surface area contributed by atoms with Crippen LogP contribution in [0.4, 0.5) is 5.69 Å². The Labute approximate surface area is 166 Å². The van der Waals surface area contributed by atoms with Crippen LogP contribution in [0.5, 0.6) is 0 Å². The van der Waals surface area contributed by atoms with Gasteiger partial charge >= 0.3 is 5.97 Å². The number of oxazole rings is 1. The standard InChI is InChI=1S/C19H16N2O7S/c1-12-15(20-18(28-12)13-6-4-3-5-7-13)11-27-19(22)14-8-9-17(29(2,25)26)16(10-14)21(23)24/h3-10H,11H2,1-2H3. The maximum atomic E-state index is 12.3. The summed E-state index contributed by atoms with van der Waals surface area (Å²) >= 11 is 0. The molecule has 0 saturated heterocycles. The smallest absolute Gasteiger partial charge is 0.338 e. The number of rotatable bonds is 6. The van der Waals surface area contributed by atoms with Crippen LogP contribution in [0.2, 0.25) is 0 Å². The molecule has 1 aromatic heterocycles. The van der Waals surface area contributed by atoms with Crippen LogP contribution in [-0.4, -0.2) is 30.6 Å². The average molecular weight is 416 g/mol. The summed E-state index contributed by atoms with van der Waals surface area (Å²) in [6.45, 7) is 1.47. The highest BCUT2D eigenvalue weighted by Gasteiger charge is 2.24. The third kappa shape index (κ3) is 4.49. The van der Waals surface area contributed by atoms with E-state index in [0.29, 0.717) is 17.3 Å². The molecular formula is C19H16N2O7S. The summed E-state index contributed by atoms with van der Waals surface area (Å²) in [5, 5.41) is 11.2. The third-order valence-corrected chi connectivity index (χ3v) is 5.19. The fraction of sp³-hybridized carbons (Fsp3) is 0.158. The molecule has 10 heteroatoms. The summed E-state index contributed by atoms with van der Waals surface area (Å²) in [6, 6.07) is 12.2. The van der Waals surface area contributed by atoms with Gasteiger partial charge < -0.3 is 9.15 Å². The number of nitro groups is 1. The predicted octanol–water partition coefficient (Wildman–Crippen LogP) is 3.32. The van der Waals surface area contributed by atoms with Gasteiger partial charge in [0.2, 0.25) is 5.89 Å². The minimum Gasteiger partial charge on any atom is -0.455 e. The molecule has 0 aliphatic rings. The summed E-state index contributed by atoms with van der Waals surface area (Å²) in [6.07, 6.45) is 0.852. The molecule has 9 nitrogen and oxygen atoms in total. The van der Waals surface area contributed by atoms with Crippen molar-refractivity contribution in [1.29, 1.82) is 0 Å². The molecule has 29 heavy (non-hydrogen) atoms. The molecule has 0 saturated carbocycles. The Bertz CT molecular complexity index is 1180. The number of aromatic nitrogens is 1. The van der Waals surface area contributed by atoms with Gasteiger partial charge in [-0.05, 0) is 31.2 Å². The summed E-state index contributed by atoms with van der Waals surface area (Å²) in [5.41, 5.74) is 0.332. The molecule has 0 spiro atoms. The van der Waals surface area contributed by atoms with Crippen LogP contribution >= 0.6 is 0 Å². The second kappa shape index (κ2) is 7.84. The van der Waals surface area contributed by atoms with Crippen molar-refractivity contribution in [2.24, 2.45) is 0 Å². The van der Waals surface area contributed by atoms with Gasteiger partial charge in [0.25, 0.3) is 5.69 Å². The summed E-state index contributed by atoms with van der Waals surface area (Å²) < 4.78 is 34.1. The Balaban J connectivity index is 1.79. The lowest BCUT2D eigenvalue weighted by Gasteiger charge is -2.05. The van der Waals surface area contributed by atoms with Gasteiger partial charge in [-0.3, -0.25) is 10.1 Å². The molecule has 0 amide bonds. The molecule has 2 aromatic carbocycles. The highest BCUT2D eigenvalue weighted by atomic mass is 32.2. The first kappa shape index (κ1) is 20.2. The van der Waals surface area contributed by atoms with Crippen LogP contribution in [0.1, 0.15) is 21.8 Å². The van der Waals surface area contributed by atoms with E-state index in [2.05, 4.69) is 4.98 Å². The number of benzene rings is 2. The quantitative estimate of drug-likeness (QED) is 0.340. The molecular weight excluding hydrogens is 400 g/mol. The van der Waals surface area contributed by atoms with E-state index in [0.717, 1.165) is 30.0 Å². The first-order chi connectivity index (χ1) is 13.7. The molecule has 0 aliphatic heterocycles. The second-order valence-electron chi connectivity index (χ2n) is 6.18. The van der Waals surface area contributed by atoms with Crippen molar-refractivity contribution in [3.63, 3.8) is 0 Å². The molecule has 3 aromatic rings. The molecule has 0 fully saturated rings. The zero-order valence-electron chi connectivity index (χ0n) is 15.5. The summed E-state index contributed by atoms with van der Waals surface area (Å²) in [5.74, 6) is -0.00541. The van der Waals surface area contributed by atoms with E-state index in [1.807, 2.05) is 30.3 Å². The van der Waals surface area contributed by atoms with Gasteiger partial charge in [0.05, 0.1) is 10.5 Å². The van der Waals surface area contributed by atoms with E-state index in [9.17, 15) is 23.3 Å². The van der Waals surface area contributed by atoms with Gasteiger partial charge in [-0.15, -0.1) is 0 Å². The lowest BCUT2D eigenvalue weighted by molar-refractivity contribution is -0.387. The number of carbonyl (C=O) groups is 1. The molecule has 0 N–H and O–H groups in total. The number of nitro benzene ring substituents is 1. The minimum atomic E-state index is -3.82. The fourth-order valence-corrected chi connectivity index (χ4v) is 3.41. The van der Waals surface area contributed by atoms with Crippen LogP contribution in [0.3, 0.4) is 0 Å². The maximum absolute atomic E-state index is 12.3. The zero-order chi connectivity index (χ0) is 21.2. The van der Waals surface area contributed by atoms with Gasteiger partial charge in [0, 0.05) is 17.9 Å². The number of aryl methyl sites for hydroxylation is 1. The van der Waals surface area contributed by atoms with Crippen LogP contribution < -0.4 is 0 Å².